The van der Waals surface area contributed by atoms with Gasteiger partial charge in [-0.15, -0.1) is 0 Å². The summed E-state index contributed by atoms with van der Waals surface area (Å²) in [6.07, 6.45) is 2.20. The Hall–Kier alpha value is -2.49. The molecule has 0 aliphatic rings. The molecule has 0 fully saturated rings. The Morgan fingerprint density at radius 3 is 2.43 bits per heavy atom. The Balaban J connectivity index is 1.95. The van der Waals surface area contributed by atoms with Gasteiger partial charge < -0.3 is 15.5 Å². The van der Waals surface area contributed by atoms with Gasteiger partial charge in [0.25, 0.3) is 0 Å². The Morgan fingerprint density at radius 2 is 1.78 bits per heavy atom. The van der Waals surface area contributed by atoms with E-state index in [-0.39, 0.29) is 23.3 Å². The van der Waals surface area contributed by atoms with E-state index >= 15 is 0 Å². The van der Waals surface area contributed by atoms with E-state index in [1.165, 1.54) is 12.1 Å². The molecule has 1 atom stereocenters. The molecule has 0 bridgehead atoms. The van der Waals surface area contributed by atoms with E-state index < -0.39 is 0 Å². The fourth-order valence-corrected chi connectivity index (χ4v) is 2.26. The second-order valence-corrected chi connectivity index (χ2v) is 5.81. The van der Waals surface area contributed by atoms with E-state index in [9.17, 15) is 15.0 Å². The third kappa shape index (κ3) is 4.74. The van der Waals surface area contributed by atoms with Crippen LogP contribution in [0.2, 0.25) is 0 Å². The van der Waals surface area contributed by atoms with Gasteiger partial charge in [-0.05, 0) is 60.7 Å². The number of hydrogen-bond acceptors (Lipinski definition) is 3. The second kappa shape index (κ2) is 7.68. The van der Waals surface area contributed by atoms with Crippen molar-refractivity contribution in [1.82, 2.24) is 0 Å². The van der Waals surface area contributed by atoms with Gasteiger partial charge in [0.2, 0.25) is 5.91 Å². The summed E-state index contributed by atoms with van der Waals surface area (Å²) in [5.41, 5.74) is 2.62. The molecule has 4 nitrogen and oxygen atoms in total. The number of hydrogen-bond donors (Lipinski definition) is 3. The molecule has 0 aromatic heterocycles. The first-order valence-electron chi connectivity index (χ1n) is 7.90. The summed E-state index contributed by atoms with van der Waals surface area (Å²) in [5.74, 6) is 0.384. The lowest BCUT2D eigenvalue weighted by atomic mass is 10.0. The summed E-state index contributed by atoms with van der Waals surface area (Å²) in [4.78, 5) is 11.8. The maximum Gasteiger partial charge on any atom is 0.227 e. The predicted octanol–water partition coefficient (Wildman–Crippen LogP) is 3.87. The fourth-order valence-electron chi connectivity index (χ4n) is 2.26. The number of amides is 1. The van der Waals surface area contributed by atoms with E-state index in [0.29, 0.717) is 6.42 Å². The number of rotatable bonds is 6. The third-order valence-electron chi connectivity index (χ3n) is 4.03. The molecule has 4 heteroatoms. The molecule has 2 aromatic carbocycles. The smallest absolute Gasteiger partial charge is 0.227 e. The van der Waals surface area contributed by atoms with Crippen LogP contribution in [-0.4, -0.2) is 16.1 Å². The van der Waals surface area contributed by atoms with Crippen LogP contribution < -0.4 is 5.32 Å². The van der Waals surface area contributed by atoms with Crippen LogP contribution in [0.3, 0.4) is 0 Å². The van der Waals surface area contributed by atoms with Gasteiger partial charge >= 0.3 is 0 Å². The molecule has 1 amide bonds. The van der Waals surface area contributed by atoms with Crippen LogP contribution in [0.5, 0.6) is 11.5 Å². The molecule has 2 aromatic rings. The van der Waals surface area contributed by atoms with Crippen molar-refractivity contribution in [3.63, 3.8) is 0 Å². The van der Waals surface area contributed by atoms with Crippen LogP contribution in [0.4, 0.5) is 5.69 Å². The minimum atomic E-state index is 0.00316. The largest absolute Gasteiger partial charge is 0.508 e. The van der Waals surface area contributed by atoms with Gasteiger partial charge in [-0.3, -0.25) is 4.79 Å². The molecule has 0 saturated heterocycles. The van der Waals surface area contributed by atoms with Crippen LogP contribution in [0.15, 0.2) is 42.5 Å². The maximum atomic E-state index is 11.8. The van der Waals surface area contributed by atoms with Gasteiger partial charge in [0.15, 0.2) is 0 Å². The molecule has 1 unspecified atom stereocenters. The Morgan fingerprint density at radius 1 is 1.09 bits per heavy atom. The van der Waals surface area contributed by atoms with Gasteiger partial charge in [0, 0.05) is 11.6 Å². The maximum absolute atomic E-state index is 11.8. The third-order valence-corrected chi connectivity index (χ3v) is 4.03. The monoisotopic (exact) mass is 313 g/mol. The highest BCUT2D eigenvalue weighted by Crippen LogP contribution is 2.23. The number of nitrogens with one attached hydrogen (secondary N) is 1. The number of anilines is 1. The zero-order chi connectivity index (χ0) is 16.8. The van der Waals surface area contributed by atoms with E-state index in [4.69, 9.17) is 0 Å². The van der Waals surface area contributed by atoms with E-state index in [2.05, 4.69) is 5.32 Å². The zero-order valence-corrected chi connectivity index (χ0v) is 13.5. The number of phenolic OH excluding ortho intramolecular Hbond substituents is 2. The van der Waals surface area contributed by atoms with E-state index in [0.717, 1.165) is 29.7 Å². The van der Waals surface area contributed by atoms with Crippen molar-refractivity contribution in [1.29, 1.82) is 0 Å². The minimum absolute atomic E-state index is 0.00316. The Bertz CT molecular complexity index is 665. The van der Waals surface area contributed by atoms with Crippen LogP contribution in [0.1, 0.15) is 31.4 Å². The highest BCUT2D eigenvalue weighted by atomic mass is 16.3. The van der Waals surface area contributed by atoms with Crippen LogP contribution in [0, 0.1) is 5.92 Å². The highest BCUT2D eigenvalue weighted by molar-refractivity contribution is 5.92. The number of aromatic hydroxyl groups is 2. The molecule has 0 heterocycles. The molecular formula is C19H23NO3. The van der Waals surface area contributed by atoms with Gasteiger partial charge in [-0.25, -0.2) is 0 Å². The standard InChI is InChI=1S/C19H23NO3/c1-3-13(2)19(23)20-16-8-5-14(6-9-16)4-7-15-12-17(21)10-11-18(15)22/h5-6,8-13,21-22H,3-4,7H2,1-2H3,(H,20,23). The first kappa shape index (κ1) is 16.9. The van der Waals surface area contributed by atoms with Crippen LogP contribution in [0.25, 0.3) is 0 Å². The van der Waals surface area contributed by atoms with Crippen LogP contribution in [-0.2, 0) is 17.6 Å². The van der Waals surface area contributed by atoms with Gasteiger partial charge in [-0.2, -0.15) is 0 Å². The quantitative estimate of drug-likeness (QED) is 0.709. The molecule has 122 valence electrons. The van der Waals surface area contributed by atoms with Crippen LogP contribution >= 0.6 is 0 Å². The Labute approximate surface area is 136 Å². The average molecular weight is 313 g/mol. The molecule has 2 rings (SSSR count). The summed E-state index contributed by atoms with van der Waals surface area (Å²) in [6, 6.07) is 12.2. The lowest BCUT2D eigenvalue weighted by Crippen LogP contribution is -2.19. The van der Waals surface area contributed by atoms with Gasteiger partial charge in [0.1, 0.15) is 11.5 Å². The summed E-state index contributed by atoms with van der Waals surface area (Å²) in [5, 5.41) is 22.1. The summed E-state index contributed by atoms with van der Waals surface area (Å²) >= 11 is 0. The molecule has 23 heavy (non-hydrogen) atoms. The number of benzene rings is 2. The van der Waals surface area contributed by atoms with Crippen molar-refractivity contribution < 1.29 is 15.0 Å². The summed E-state index contributed by atoms with van der Waals surface area (Å²) in [7, 11) is 0. The molecule has 3 N–H and O–H groups in total. The molecule has 0 aliphatic carbocycles. The second-order valence-electron chi connectivity index (χ2n) is 5.81. The number of phenols is 2. The molecule has 0 spiro atoms. The zero-order valence-electron chi connectivity index (χ0n) is 13.5. The molecule has 0 aliphatic heterocycles. The van der Waals surface area contributed by atoms with Gasteiger partial charge in [0.05, 0.1) is 0 Å². The van der Waals surface area contributed by atoms with Crippen molar-refractivity contribution >= 4 is 11.6 Å². The summed E-state index contributed by atoms with van der Waals surface area (Å²) < 4.78 is 0. The predicted molar refractivity (Wildman–Crippen MR) is 91.7 cm³/mol. The topological polar surface area (TPSA) is 69.6 Å². The van der Waals surface area contributed by atoms with Crippen molar-refractivity contribution in [2.24, 2.45) is 5.92 Å². The number of carbonyl (C=O) groups is 1. The van der Waals surface area contributed by atoms with Crippen molar-refractivity contribution in [3.8, 4) is 11.5 Å². The first-order valence-corrected chi connectivity index (χ1v) is 7.90. The van der Waals surface area contributed by atoms with E-state index in [1.54, 1.807) is 6.07 Å². The minimum Gasteiger partial charge on any atom is -0.508 e. The van der Waals surface area contributed by atoms with Crippen molar-refractivity contribution in [2.75, 3.05) is 5.32 Å². The number of aryl methyl sites for hydroxylation is 2. The van der Waals surface area contributed by atoms with Crippen molar-refractivity contribution in [3.05, 3.63) is 53.6 Å². The molecule has 0 radical (unpaired) electrons. The normalized spacial score (nSPS) is 11.9. The average Bonchev–Trinajstić information content (AvgIpc) is 2.56. The molecular weight excluding hydrogens is 290 g/mol. The fraction of sp³-hybridized carbons (Fsp3) is 0.316. The SMILES string of the molecule is CCC(C)C(=O)Nc1ccc(CCc2cc(O)ccc2O)cc1. The van der Waals surface area contributed by atoms with Crippen molar-refractivity contribution in [2.45, 2.75) is 33.1 Å². The summed E-state index contributed by atoms with van der Waals surface area (Å²) in [6.45, 7) is 3.90. The molecule has 0 saturated carbocycles. The van der Waals surface area contributed by atoms with E-state index in [1.807, 2.05) is 38.1 Å². The first-order chi connectivity index (χ1) is 11.0. The lowest BCUT2D eigenvalue weighted by molar-refractivity contribution is -0.119. The number of carbonyl (C=O) groups excluding carboxylic acids is 1. The lowest BCUT2D eigenvalue weighted by Gasteiger charge is -2.10. The highest BCUT2D eigenvalue weighted by Gasteiger charge is 2.10. The van der Waals surface area contributed by atoms with Gasteiger partial charge in [-0.1, -0.05) is 26.0 Å². The Kier molecular flexibility index (Phi) is 5.63.